The fraction of sp³-hybridized carbons (Fsp3) is 0.800. The molecule has 0 aliphatic heterocycles. The second-order valence-corrected chi connectivity index (χ2v) is 3.89. The smallest absolute Gasteiger partial charge is 0.251 e. The molecular weight excluding hydrogens is 208 g/mol. The fourth-order valence-electron chi connectivity index (χ4n) is 1.68. The van der Waals surface area contributed by atoms with E-state index in [0.717, 1.165) is 0 Å². The molecule has 94 valence electrons. The van der Waals surface area contributed by atoms with Gasteiger partial charge in [-0.1, -0.05) is 13.8 Å². The third-order valence-electron chi connectivity index (χ3n) is 2.62. The Morgan fingerprint density at radius 2 is 1.94 bits per heavy atom. The van der Waals surface area contributed by atoms with Gasteiger partial charge in [0.1, 0.15) is 0 Å². The van der Waals surface area contributed by atoms with Crippen molar-refractivity contribution in [3.63, 3.8) is 0 Å². The largest absolute Gasteiger partial charge is 0.359 e. The molecule has 0 saturated heterocycles. The monoisotopic (exact) mass is 230 g/mol. The highest BCUT2D eigenvalue weighted by Gasteiger charge is 2.23. The van der Waals surface area contributed by atoms with E-state index >= 15 is 0 Å². The minimum Gasteiger partial charge on any atom is -0.359 e. The van der Waals surface area contributed by atoms with Gasteiger partial charge in [-0.25, -0.2) is 5.84 Å². The first kappa shape index (κ1) is 14.9. The SMILES string of the molecule is CCC(C(=O)NN)N(C)CC(C)C(=O)NC. The zero-order valence-electron chi connectivity index (χ0n) is 10.4. The van der Waals surface area contributed by atoms with E-state index in [4.69, 9.17) is 5.84 Å². The molecule has 0 aliphatic rings. The number of amides is 2. The number of likely N-dealkylation sites (N-methyl/N-ethyl adjacent to an activating group) is 1. The summed E-state index contributed by atoms with van der Waals surface area (Å²) in [4.78, 5) is 24.6. The Labute approximate surface area is 96.5 Å². The van der Waals surface area contributed by atoms with Gasteiger partial charge in [-0.05, 0) is 13.5 Å². The molecule has 6 heteroatoms. The first-order chi connectivity index (χ1) is 7.47. The number of rotatable bonds is 6. The van der Waals surface area contributed by atoms with Crippen LogP contribution in [0, 0.1) is 5.92 Å². The number of nitrogens with one attached hydrogen (secondary N) is 2. The van der Waals surface area contributed by atoms with E-state index in [0.29, 0.717) is 13.0 Å². The van der Waals surface area contributed by atoms with Crippen LogP contribution in [0.2, 0.25) is 0 Å². The zero-order valence-corrected chi connectivity index (χ0v) is 10.4. The third kappa shape index (κ3) is 4.16. The molecule has 0 aliphatic carbocycles. The maximum Gasteiger partial charge on any atom is 0.251 e. The number of carbonyl (C=O) groups excluding carboxylic acids is 2. The Morgan fingerprint density at radius 1 is 1.38 bits per heavy atom. The normalized spacial score (nSPS) is 14.4. The first-order valence-electron chi connectivity index (χ1n) is 5.40. The standard InChI is InChI=1S/C10H22N4O2/c1-5-8(10(16)13-11)14(4)6-7(2)9(15)12-3/h7-8H,5-6,11H2,1-4H3,(H,12,15)(H,13,16). The van der Waals surface area contributed by atoms with Crippen molar-refractivity contribution in [1.29, 1.82) is 0 Å². The lowest BCUT2D eigenvalue weighted by Gasteiger charge is -2.27. The highest BCUT2D eigenvalue weighted by atomic mass is 16.2. The summed E-state index contributed by atoms with van der Waals surface area (Å²) in [5.41, 5.74) is 2.13. The quantitative estimate of drug-likeness (QED) is 0.312. The summed E-state index contributed by atoms with van der Waals surface area (Å²) in [6.07, 6.45) is 0.653. The molecule has 0 radical (unpaired) electrons. The Bertz CT molecular complexity index is 245. The molecule has 0 saturated carbocycles. The maximum absolute atomic E-state index is 11.4. The predicted molar refractivity (Wildman–Crippen MR) is 62.3 cm³/mol. The van der Waals surface area contributed by atoms with Gasteiger partial charge in [-0.2, -0.15) is 0 Å². The van der Waals surface area contributed by atoms with Crippen LogP contribution in [-0.4, -0.2) is 43.4 Å². The van der Waals surface area contributed by atoms with Crippen molar-refractivity contribution in [2.45, 2.75) is 26.3 Å². The molecule has 4 N–H and O–H groups in total. The number of nitrogens with zero attached hydrogens (tertiary/aromatic N) is 1. The molecule has 0 spiro atoms. The Hall–Kier alpha value is -1.14. The highest BCUT2D eigenvalue weighted by Crippen LogP contribution is 2.06. The van der Waals surface area contributed by atoms with E-state index < -0.39 is 0 Å². The molecular formula is C10H22N4O2. The van der Waals surface area contributed by atoms with Gasteiger partial charge in [-0.3, -0.25) is 19.9 Å². The summed E-state index contributed by atoms with van der Waals surface area (Å²) in [5, 5.41) is 2.58. The summed E-state index contributed by atoms with van der Waals surface area (Å²) in [6, 6.07) is -0.294. The summed E-state index contributed by atoms with van der Waals surface area (Å²) in [7, 11) is 3.41. The van der Waals surface area contributed by atoms with Crippen LogP contribution in [0.15, 0.2) is 0 Å². The van der Waals surface area contributed by atoms with Gasteiger partial charge in [0.25, 0.3) is 5.91 Å². The van der Waals surface area contributed by atoms with Crippen LogP contribution >= 0.6 is 0 Å². The second kappa shape index (κ2) is 7.19. The van der Waals surface area contributed by atoms with Gasteiger partial charge in [0.2, 0.25) is 5.91 Å². The van der Waals surface area contributed by atoms with Gasteiger partial charge < -0.3 is 5.32 Å². The van der Waals surface area contributed by atoms with Crippen molar-refractivity contribution in [2.24, 2.45) is 11.8 Å². The van der Waals surface area contributed by atoms with Crippen LogP contribution in [0.3, 0.4) is 0 Å². The van der Waals surface area contributed by atoms with E-state index in [9.17, 15) is 9.59 Å². The molecule has 0 heterocycles. The van der Waals surface area contributed by atoms with Gasteiger partial charge in [0, 0.05) is 19.5 Å². The Kier molecular flexibility index (Phi) is 6.67. The van der Waals surface area contributed by atoms with Crippen molar-refractivity contribution in [1.82, 2.24) is 15.6 Å². The van der Waals surface area contributed by atoms with Gasteiger partial charge in [0.15, 0.2) is 0 Å². The number of hydrazine groups is 1. The summed E-state index contributed by atoms with van der Waals surface area (Å²) >= 11 is 0. The molecule has 0 aromatic heterocycles. The first-order valence-corrected chi connectivity index (χ1v) is 5.40. The van der Waals surface area contributed by atoms with Crippen molar-refractivity contribution in [3.8, 4) is 0 Å². The minimum atomic E-state index is -0.294. The van der Waals surface area contributed by atoms with Crippen molar-refractivity contribution in [2.75, 3.05) is 20.6 Å². The third-order valence-corrected chi connectivity index (χ3v) is 2.62. The van der Waals surface area contributed by atoms with Crippen molar-refractivity contribution < 1.29 is 9.59 Å². The Morgan fingerprint density at radius 3 is 2.31 bits per heavy atom. The predicted octanol–water partition coefficient (Wildman–Crippen LogP) is -0.931. The van der Waals surface area contributed by atoms with Crippen LogP contribution < -0.4 is 16.6 Å². The van der Waals surface area contributed by atoms with E-state index in [2.05, 4.69) is 10.7 Å². The number of nitrogens with two attached hydrogens (primary N) is 1. The number of hydrogen-bond acceptors (Lipinski definition) is 4. The second-order valence-electron chi connectivity index (χ2n) is 3.89. The number of carbonyl (C=O) groups is 2. The van der Waals surface area contributed by atoms with E-state index in [1.807, 2.05) is 25.8 Å². The van der Waals surface area contributed by atoms with Gasteiger partial charge >= 0.3 is 0 Å². The maximum atomic E-state index is 11.4. The summed E-state index contributed by atoms with van der Waals surface area (Å²) in [5.74, 6) is 4.68. The summed E-state index contributed by atoms with van der Waals surface area (Å²) in [6.45, 7) is 4.25. The average Bonchev–Trinajstić information content (AvgIpc) is 2.28. The van der Waals surface area contributed by atoms with Gasteiger partial charge in [0.05, 0.1) is 6.04 Å². The van der Waals surface area contributed by atoms with Crippen LogP contribution in [0.5, 0.6) is 0 Å². The lowest BCUT2D eigenvalue weighted by molar-refractivity contribution is -0.129. The minimum absolute atomic E-state index is 0.0325. The van der Waals surface area contributed by atoms with Crippen LogP contribution in [0.1, 0.15) is 20.3 Å². The van der Waals surface area contributed by atoms with Crippen molar-refractivity contribution >= 4 is 11.8 Å². The molecule has 2 unspecified atom stereocenters. The molecule has 0 fully saturated rings. The zero-order chi connectivity index (χ0) is 12.7. The number of hydrogen-bond donors (Lipinski definition) is 3. The summed E-state index contributed by atoms with van der Waals surface area (Å²) < 4.78 is 0. The molecule has 6 nitrogen and oxygen atoms in total. The molecule has 0 aromatic carbocycles. The van der Waals surface area contributed by atoms with Crippen LogP contribution in [0.4, 0.5) is 0 Å². The average molecular weight is 230 g/mol. The lowest BCUT2D eigenvalue weighted by Crippen LogP contribution is -2.49. The fourth-order valence-corrected chi connectivity index (χ4v) is 1.68. The molecule has 2 amide bonds. The lowest BCUT2D eigenvalue weighted by atomic mass is 10.1. The molecule has 0 bridgehead atoms. The topological polar surface area (TPSA) is 87.5 Å². The van der Waals surface area contributed by atoms with Crippen LogP contribution in [-0.2, 0) is 9.59 Å². The van der Waals surface area contributed by atoms with Gasteiger partial charge in [-0.15, -0.1) is 0 Å². The molecule has 16 heavy (non-hydrogen) atoms. The molecule has 0 aromatic rings. The Balaban J connectivity index is 4.36. The van der Waals surface area contributed by atoms with E-state index in [-0.39, 0.29) is 23.8 Å². The molecule has 0 rings (SSSR count). The van der Waals surface area contributed by atoms with E-state index in [1.54, 1.807) is 7.05 Å². The highest BCUT2D eigenvalue weighted by molar-refractivity contribution is 5.81. The van der Waals surface area contributed by atoms with Crippen LogP contribution in [0.25, 0.3) is 0 Å². The van der Waals surface area contributed by atoms with Crippen molar-refractivity contribution in [3.05, 3.63) is 0 Å². The molecule has 2 atom stereocenters. The van der Waals surface area contributed by atoms with E-state index in [1.165, 1.54) is 0 Å².